The third kappa shape index (κ3) is 0.861. The quantitative estimate of drug-likeness (QED) is 0.577. The molecule has 0 aliphatic carbocycles. The number of hydrogen-bond donors (Lipinski definition) is 2. The maximum atomic E-state index is 10.1. The van der Waals surface area contributed by atoms with Crippen LogP contribution in [0.4, 0.5) is 5.88 Å². The maximum Gasteiger partial charge on any atom is 0.341 e. The Kier molecular flexibility index (Phi) is 1.14. The van der Waals surface area contributed by atoms with E-state index in [-0.39, 0.29) is 11.4 Å². The van der Waals surface area contributed by atoms with Crippen LogP contribution in [0.15, 0.2) is 16.7 Å². The Bertz CT molecular complexity index is 228. The number of rotatable bonds is 1. The Morgan fingerprint density at radius 2 is 2.44 bits per heavy atom. The van der Waals surface area contributed by atoms with Crippen LogP contribution in [0.3, 0.4) is 0 Å². The molecule has 1 aromatic rings. The van der Waals surface area contributed by atoms with E-state index in [1.165, 1.54) is 12.3 Å². The van der Waals surface area contributed by atoms with Crippen molar-refractivity contribution in [1.82, 2.24) is 0 Å². The lowest BCUT2D eigenvalue weighted by Gasteiger charge is -1.85. The van der Waals surface area contributed by atoms with Gasteiger partial charge in [-0.25, -0.2) is 4.79 Å². The summed E-state index contributed by atoms with van der Waals surface area (Å²) >= 11 is 0. The van der Waals surface area contributed by atoms with E-state index < -0.39 is 5.97 Å². The lowest BCUT2D eigenvalue weighted by Crippen LogP contribution is -1.97. The van der Waals surface area contributed by atoms with Crippen molar-refractivity contribution in [2.24, 2.45) is 0 Å². The van der Waals surface area contributed by atoms with Gasteiger partial charge in [0.15, 0.2) is 0 Å². The molecule has 3 N–H and O–H groups in total. The molecule has 4 nitrogen and oxygen atoms in total. The molecule has 0 aliphatic rings. The van der Waals surface area contributed by atoms with Crippen molar-refractivity contribution in [1.29, 1.82) is 0 Å². The van der Waals surface area contributed by atoms with Crippen molar-refractivity contribution < 1.29 is 14.3 Å². The average Bonchev–Trinajstić information content (AvgIpc) is 2.13. The van der Waals surface area contributed by atoms with Gasteiger partial charge in [-0.2, -0.15) is 0 Å². The highest BCUT2D eigenvalue weighted by atomic mass is 16.4. The summed E-state index contributed by atoms with van der Waals surface area (Å²) in [4.78, 5) is 10.1. The molecular weight excluding hydrogens is 122 g/mol. The fraction of sp³-hybridized carbons (Fsp3) is 0. The summed E-state index contributed by atoms with van der Waals surface area (Å²) in [7, 11) is 0. The van der Waals surface area contributed by atoms with Gasteiger partial charge < -0.3 is 15.3 Å². The SMILES string of the molecule is Nc1occc1C(=O)O. The normalized spacial score (nSPS) is 9.33. The van der Waals surface area contributed by atoms with Crippen LogP contribution in [0, 0.1) is 0 Å². The minimum Gasteiger partial charge on any atom is -0.477 e. The first-order valence-electron chi connectivity index (χ1n) is 2.28. The van der Waals surface area contributed by atoms with Gasteiger partial charge in [0.25, 0.3) is 0 Å². The van der Waals surface area contributed by atoms with Gasteiger partial charge in [0.05, 0.1) is 6.26 Å². The Hall–Kier alpha value is -1.45. The summed E-state index contributed by atoms with van der Waals surface area (Å²) in [5, 5.41) is 8.31. The number of furan rings is 1. The fourth-order valence-corrected chi connectivity index (χ4v) is 0.498. The van der Waals surface area contributed by atoms with Crippen molar-refractivity contribution in [2.45, 2.75) is 0 Å². The second-order valence-corrected chi connectivity index (χ2v) is 1.50. The highest BCUT2D eigenvalue weighted by Gasteiger charge is 2.08. The summed E-state index contributed by atoms with van der Waals surface area (Å²) < 4.78 is 4.52. The van der Waals surface area contributed by atoms with Crippen LogP contribution in [0.1, 0.15) is 10.4 Å². The van der Waals surface area contributed by atoms with Crippen molar-refractivity contribution >= 4 is 11.9 Å². The van der Waals surface area contributed by atoms with E-state index in [4.69, 9.17) is 10.8 Å². The van der Waals surface area contributed by atoms with Crippen molar-refractivity contribution in [3.05, 3.63) is 17.9 Å². The zero-order valence-corrected chi connectivity index (χ0v) is 4.50. The summed E-state index contributed by atoms with van der Waals surface area (Å²) in [6, 6.07) is 1.30. The molecule has 0 saturated heterocycles. The zero-order valence-electron chi connectivity index (χ0n) is 4.50. The molecular formula is C5H5NO3. The molecule has 0 saturated carbocycles. The van der Waals surface area contributed by atoms with E-state index in [2.05, 4.69) is 4.42 Å². The molecule has 4 heteroatoms. The number of carboxylic acids is 1. The van der Waals surface area contributed by atoms with Crippen molar-refractivity contribution in [2.75, 3.05) is 5.73 Å². The van der Waals surface area contributed by atoms with Crippen LogP contribution < -0.4 is 5.73 Å². The molecule has 0 unspecified atom stereocenters. The molecule has 1 heterocycles. The Morgan fingerprint density at radius 1 is 1.78 bits per heavy atom. The van der Waals surface area contributed by atoms with Crippen LogP contribution in [0.2, 0.25) is 0 Å². The van der Waals surface area contributed by atoms with E-state index in [0.717, 1.165) is 0 Å². The van der Waals surface area contributed by atoms with Crippen LogP contribution >= 0.6 is 0 Å². The first-order chi connectivity index (χ1) is 4.22. The standard InChI is InChI=1S/C5H5NO3/c6-4-3(5(7)8)1-2-9-4/h1-2H,6H2,(H,7,8). The van der Waals surface area contributed by atoms with E-state index in [9.17, 15) is 4.79 Å². The van der Waals surface area contributed by atoms with E-state index in [1.807, 2.05) is 0 Å². The second kappa shape index (κ2) is 1.81. The molecule has 0 spiro atoms. The van der Waals surface area contributed by atoms with Gasteiger partial charge in [-0.3, -0.25) is 0 Å². The average molecular weight is 127 g/mol. The van der Waals surface area contributed by atoms with Gasteiger partial charge in [-0.15, -0.1) is 0 Å². The van der Waals surface area contributed by atoms with Gasteiger partial charge >= 0.3 is 5.97 Å². The first kappa shape index (κ1) is 5.68. The van der Waals surface area contributed by atoms with Gasteiger partial charge in [0.1, 0.15) is 5.56 Å². The van der Waals surface area contributed by atoms with Crippen LogP contribution in [-0.4, -0.2) is 11.1 Å². The Labute approximate surface area is 50.9 Å². The molecule has 0 aromatic carbocycles. The molecule has 1 rings (SSSR count). The predicted octanol–water partition coefficient (Wildman–Crippen LogP) is 0.560. The minimum atomic E-state index is -1.07. The molecule has 0 bridgehead atoms. The molecule has 0 radical (unpaired) electrons. The monoisotopic (exact) mass is 127 g/mol. The zero-order chi connectivity index (χ0) is 6.85. The third-order valence-electron chi connectivity index (χ3n) is 0.926. The molecule has 0 atom stereocenters. The van der Waals surface area contributed by atoms with Gasteiger partial charge in [0.2, 0.25) is 5.88 Å². The maximum absolute atomic E-state index is 10.1. The van der Waals surface area contributed by atoms with Crippen molar-refractivity contribution in [3.63, 3.8) is 0 Å². The minimum absolute atomic E-state index is 0.00926. The molecule has 48 valence electrons. The topological polar surface area (TPSA) is 76.5 Å². The molecule has 0 fully saturated rings. The van der Waals surface area contributed by atoms with Crippen molar-refractivity contribution in [3.8, 4) is 0 Å². The van der Waals surface area contributed by atoms with Gasteiger partial charge in [-0.05, 0) is 6.07 Å². The number of carbonyl (C=O) groups is 1. The predicted molar refractivity (Wildman–Crippen MR) is 30.1 cm³/mol. The lowest BCUT2D eigenvalue weighted by atomic mass is 10.3. The number of nitrogen functional groups attached to an aromatic ring is 1. The fourth-order valence-electron chi connectivity index (χ4n) is 0.498. The number of aromatic carboxylic acids is 1. The Morgan fingerprint density at radius 3 is 2.67 bits per heavy atom. The van der Waals surface area contributed by atoms with E-state index in [0.29, 0.717) is 0 Å². The second-order valence-electron chi connectivity index (χ2n) is 1.50. The summed E-state index contributed by atoms with van der Waals surface area (Å²) in [6.07, 6.45) is 1.23. The lowest BCUT2D eigenvalue weighted by molar-refractivity contribution is 0.0697. The van der Waals surface area contributed by atoms with Gasteiger partial charge in [-0.1, -0.05) is 0 Å². The van der Waals surface area contributed by atoms with E-state index in [1.54, 1.807) is 0 Å². The molecule has 0 aliphatic heterocycles. The third-order valence-corrected chi connectivity index (χ3v) is 0.926. The molecule has 0 amide bonds. The summed E-state index contributed by atoms with van der Waals surface area (Å²) in [6.45, 7) is 0. The number of nitrogens with two attached hydrogens (primary N) is 1. The summed E-state index contributed by atoms with van der Waals surface area (Å²) in [5.41, 5.74) is 5.10. The van der Waals surface area contributed by atoms with Crippen LogP contribution in [-0.2, 0) is 0 Å². The van der Waals surface area contributed by atoms with E-state index >= 15 is 0 Å². The van der Waals surface area contributed by atoms with Crippen LogP contribution in [0.5, 0.6) is 0 Å². The number of hydrogen-bond acceptors (Lipinski definition) is 3. The van der Waals surface area contributed by atoms with Crippen LogP contribution in [0.25, 0.3) is 0 Å². The highest BCUT2D eigenvalue weighted by molar-refractivity contribution is 5.92. The molecule has 1 aromatic heterocycles. The number of anilines is 1. The number of carboxylic acid groups (broad SMARTS) is 1. The molecule has 9 heavy (non-hydrogen) atoms. The van der Waals surface area contributed by atoms with Gasteiger partial charge in [0, 0.05) is 0 Å². The first-order valence-corrected chi connectivity index (χ1v) is 2.28. The summed E-state index contributed by atoms with van der Waals surface area (Å²) in [5.74, 6) is -1.12. The Balaban J connectivity index is 3.08. The largest absolute Gasteiger partial charge is 0.477 e. The highest BCUT2D eigenvalue weighted by Crippen LogP contribution is 2.10. The smallest absolute Gasteiger partial charge is 0.341 e.